The Morgan fingerprint density at radius 2 is 1.03 bits per heavy atom. The number of carbonyl (C=O) groups is 1. The van der Waals surface area contributed by atoms with Crippen molar-refractivity contribution in [2.75, 3.05) is 11.9 Å². The van der Waals surface area contributed by atoms with Gasteiger partial charge in [0.15, 0.2) is 0 Å². The second-order valence-electron chi connectivity index (χ2n) is 8.45. The van der Waals surface area contributed by atoms with E-state index in [1.807, 2.05) is 0 Å². The maximum Gasteiger partial charge on any atom is 1.00 e. The van der Waals surface area contributed by atoms with Gasteiger partial charge in [0.2, 0.25) is 0 Å². The fraction of sp³-hybridized carbons (Fsp3) is 0.731. The summed E-state index contributed by atoms with van der Waals surface area (Å²) in [6.07, 6.45) is 23.6. The fourth-order valence-electron chi connectivity index (χ4n) is 3.81. The minimum Gasteiger partial charge on any atom is -0.545 e. The van der Waals surface area contributed by atoms with E-state index < -0.39 is 5.97 Å². The summed E-state index contributed by atoms with van der Waals surface area (Å²) in [4.78, 5) is 10.7. The van der Waals surface area contributed by atoms with Crippen LogP contribution in [-0.4, -0.2) is 12.5 Å². The van der Waals surface area contributed by atoms with Crippen LogP contribution in [-0.2, 0) is 0 Å². The maximum atomic E-state index is 10.7. The van der Waals surface area contributed by atoms with Crippen LogP contribution in [0.4, 0.5) is 5.69 Å². The van der Waals surface area contributed by atoms with Crippen LogP contribution in [0.3, 0.4) is 0 Å². The molecule has 3 nitrogen and oxygen atoms in total. The van der Waals surface area contributed by atoms with Gasteiger partial charge in [-0.2, -0.15) is 0 Å². The minimum atomic E-state index is -1.12. The largest absolute Gasteiger partial charge is 1.00 e. The molecular weight excluding hydrogens is 381 g/mol. The molecule has 0 aliphatic rings. The average Bonchev–Trinajstić information content (AvgIpc) is 2.73. The van der Waals surface area contributed by atoms with Crippen molar-refractivity contribution in [3.8, 4) is 0 Å². The van der Waals surface area contributed by atoms with Crippen molar-refractivity contribution in [3.05, 3.63) is 29.8 Å². The number of carbonyl (C=O) groups excluding carboxylic acids is 1. The van der Waals surface area contributed by atoms with Crippen molar-refractivity contribution in [2.45, 2.75) is 116 Å². The van der Waals surface area contributed by atoms with E-state index in [9.17, 15) is 9.90 Å². The van der Waals surface area contributed by atoms with Gasteiger partial charge in [-0.1, -0.05) is 122 Å². The van der Waals surface area contributed by atoms with Crippen LogP contribution in [0.25, 0.3) is 0 Å². The molecule has 0 fully saturated rings. The summed E-state index contributed by atoms with van der Waals surface area (Å²) in [6, 6.07) is 6.79. The molecule has 1 N–H and O–H groups in total. The Labute approximate surface area is 208 Å². The quantitative estimate of drug-likeness (QED) is 0.253. The number of hydrogen-bond acceptors (Lipinski definition) is 3. The molecule has 1 aromatic carbocycles. The van der Waals surface area contributed by atoms with Crippen LogP contribution < -0.4 is 40.0 Å². The van der Waals surface area contributed by atoms with Crippen molar-refractivity contribution in [2.24, 2.45) is 0 Å². The molecule has 0 aliphatic heterocycles. The Hall–Kier alpha value is -0.510. The number of aromatic carboxylic acids is 1. The smallest absolute Gasteiger partial charge is 0.545 e. The predicted octanol–water partition coefficient (Wildman–Crippen LogP) is 4.12. The van der Waals surface area contributed by atoms with Crippen molar-refractivity contribution < 1.29 is 39.5 Å². The first-order valence-electron chi connectivity index (χ1n) is 12.3. The molecule has 0 radical (unpaired) electrons. The molecule has 0 bridgehead atoms. The number of rotatable bonds is 20. The van der Waals surface area contributed by atoms with Crippen molar-refractivity contribution >= 4 is 11.7 Å². The summed E-state index contributed by atoms with van der Waals surface area (Å²) in [5.74, 6) is -1.12. The summed E-state index contributed by atoms with van der Waals surface area (Å²) in [5, 5.41) is 14.1. The third-order valence-electron chi connectivity index (χ3n) is 5.73. The molecule has 0 saturated carbocycles. The second-order valence-corrected chi connectivity index (χ2v) is 8.45. The Morgan fingerprint density at radius 1 is 0.667 bits per heavy atom. The molecule has 1 rings (SSSR count). The summed E-state index contributed by atoms with van der Waals surface area (Å²) >= 11 is 0. The fourth-order valence-corrected chi connectivity index (χ4v) is 3.81. The van der Waals surface area contributed by atoms with Crippen LogP contribution in [0, 0.1) is 0 Å². The predicted molar refractivity (Wildman–Crippen MR) is 123 cm³/mol. The molecule has 1 aromatic rings. The third kappa shape index (κ3) is 17.2. The molecule has 0 heterocycles. The second kappa shape index (κ2) is 21.7. The Kier molecular flexibility index (Phi) is 21.3. The van der Waals surface area contributed by atoms with E-state index in [1.165, 1.54) is 109 Å². The molecule has 0 unspecified atom stereocenters. The summed E-state index contributed by atoms with van der Waals surface area (Å²) < 4.78 is 0. The number of unbranched alkanes of at least 4 members (excludes halogenated alkanes) is 16. The van der Waals surface area contributed by atoms with E-state index >= 15 is 0 Å². The molecule has 0 spiro atoms. The Morgan fingerprint density at radius 3 is 1.40 bits per heavy atom. The molecule has 30 heavy (non-hydrogen) atoms. The van der Waals surface area contributed by atoms with E-state index in [-0.39, 0.29) is 35.1 Å². The number of nitrogens with one attached hydrogen (secondary N) is 1. The van der Waals surface area contributed by atoms with Gasteiger partial charge in [0.05, 0.1) is 5.97 Å². The molecule has 0 aromatic heterocycles. The van der Waals surface area contributed by atoms with Gasteiger partial charge in [0.25, 0.3) is 0 Å². The van der Waals surface area contributed by atoms with Crippen LogP contribution in [0.2, 0.25) is 0 Å². The average molecular weight is 426 g/mol. The van der Waals surface area contributed by atoms with Gasteiger partial charge in [0.1, 0.15) is 0 Å². The maximum absolute atomic E-state index is 10.7. The standard InChI is InChI=1S/C26H45NO2.Na/c1-2-3-4-5-6-7-8-9-10-11-12-13-14-15-16-17-18-23-27-25-21-19-24(20-22-25)26(28)29;/h19-22,27H,2-18,23H2,1H3,(H,28,29);/q;+1/p-1. The number of benzene rings is 1. The van der Waals surface area contributed by atoms with Gasteiger partial charge in [-0.05, 0) is 24.1 Å². The first-order valence-corrected chi connectivity index (χ1v) is 12.3. The summed E-state index contributed by atoms with van der Waals surface area (Å²) in [6.45, 7) is 3.23. The van der Waals surface area contributed by atoms with Crippen molar-refractivity contribution in [1.82, 2.24) is 0 Å². The number of hydrogen-bond donors (Lipinski definition) is 1. The number of anilines is 1. The number of carboxylic acid groups (broad SMARTS) is 1. The van der Waals surface area contributed by atoms with Crippen LogP contribution >= 0.6 is 0 Å². The van der Waals surface area contributed by atoms with Gasteiger partial charge < -0.3 is 15.2 Å². The van der Waals surface area contributed by atoms with E-state index in [1.54, 1.807) is 24.3 Å². The van der Waals surface area contributed by atoms with Crippen molar-refractivity contribution in [3.63, 3.8) is 0 Å². The van der Waals surface area contributed by atoms with Gasteiger partial charge in [0, 0.05) is 12.2 Å². The van der Waals surface area contributed by atoms with Gasteiger partial charge in [-0.3, -0.25) is 0 Å². The molecule has 4 heteroatoms. The molecule has 0 saturated heterocycles. The van der Waals surface area contributed by atoms with Crippen LogP contribution in [0.1, 0.15) is 126 Å². The van der Waals surface area contributed by atoms with E-state index in [0.717, 1.165) is 12.2 Å². The molecule has 166 valence electrons. The molecule has 0 atom stereocenters. The normalized spacial score (nSPS) is 10.6. The monoisotopic (exact) mass is 425 g/mol. The third-order valence-corrected chi connectivity index (χ3v) is 5.73. The van der Waals surface area contributed by atoms with Crippen LogP contribution in [0.15, 0.2) is 24.3 Å². The molecular formula is C26H44NNaO2. The van der Waals surface area contributed by atoms with Crippen molar-refractivity contribution in [1.29, 1.82) is 0 Å². The first kappa shape index (κ1) is 29.5. The van der Waals surface area contributed by atoms with E-state index in [4.69, 9.17) is 0 Å². The summed E-state index contributed by atoms with van der Waals surface area (Å²) in [7, 11) is 0. The summed E-state index contributed by atoms with van der Waals surface area (Å²) in [5.41, 5.74) is 1.21. The Bertz CT molecular complexity index is 504. The van der Waals surface area contributed by atoms with Gasteiger partial charge >= 0.3 is 29.6 Å². The zero-order chi connectivity index (χ0) is 21.0. The van der Waals surface area contributed by atoms with Gasteiger partial charge in [-0.15, -0.1) is 0 Å². The molecule has 0 amide bonds. The van der Waals surface area contributed by atoms with E-state index in [0.29, 0.717) is 0 Å². The zero-order valence-electron chi connectivity index (χ0n) is 19.9. The zero-order valence-corrected chi connectivity index (χ0v) is 21.9. The Balaban J connectivity index is 0.00000841. The number of carboxylic acids is 1. The van der Waals surface area contributed by atoms with Crippen LogP contribution in [0.5, 0.6) is 0 Å². The minimum absolute atomic E-state index is 0. The van der Waals surface area contributed by atoms with Gasteiger partial charge in [-0.25, -0.2) is 0 Å². The topological polar surface area (TPSA) is 52.2 Å². The molecule has 0 aliphatic carbocycles. The first-order chi connectivity index (χ1) is 14.2. The SMILES string of the molecule is CCCCCCCCCCCCCCCCCCCNc1ccc(C(=O)[O-])cc1.[Na+]. The van der Waals surface area contributed by atoms with E-state index in [2.05, 4.69) is 12.2 Å².